The van der Waals surface area contributed by atoms with E-state index >= 15 is 0 Å². The maximum absolute atomic E-state index is 14.2. The number of amides is 1. The summed E-state index contributed by atoms with van der Waals surface area (Å²) in [5, 5.41) is 0.881. The summed E-state index contributed by atoms with van der Waals surface area (Å²) in [5.41, 5.74) is 2.89. The Hall–Kier alpha value is -4.46. The molecule has 0 aliphatic carbocycles. The van der Waals surface area contributed by atoms with Crippen molar-refractivity contribution in [2.24, 2.45) is 0 Å². The number of benzene rings is 3. The monoisotopic (exact) mass is 530 g/mol. The number of aromatic nitrogens is 1. The zero-order valence-electron chi connectivity index (χ0n) is 23.0. The quantitative estimate of drug-likeness (QED) is 0.260. The molecule has 1 heterocycles. The van der Waals surface area contributed by atoms with Gasteiger partial charge in [-0.25, -0.2) is 0 Å². The summed E-state index contributed by atoms with van der Waals surface area (Å²) < 4.78 is 22.9. The zero-order chi connectivity index (χ0) is 27.9. The number of pyridine rings is 1. The first-order valence-corrected chi connectivity index (χ1v) is 13.0. The van der Waals surface area contributed by atoms with Gasteiger partial charge in [0.1, 0.15) is 5.75 Å². The van der Waals surface area contributed by atoms with Crippen LogP contribution in [0.2, 0.25) is 0 Å². The first-order chi connectivity index (χ1) is 18.9. The fraction of sp³-hybridized carbons (Fsp3) is 0.290. The van der Waals surface area contributed by atoms with Crippen LogP contribution in [0.5, 0.6) is 23.0 Å². The highest BCUT2D eigenvalue weighted by molar-refractivity contribution is 6.07. The molecule has 0 spiro atoms. The van der Waals surface area contributed by atoms with Crippen molar-refractivity contribution in [3.63, 3.8) is 0 Å². The Morgan fingerprint density at radius 3 is 2.21 bits per heavy atom. The first kappa shape index (κ1) is 27.6. The minimum absolute atomic E-state index is 0.0340. The molecule has 0 saturated heterocycles. The lowest BCUT2D eigenvalue weighted by atomic mass is 10.1. The van der Waals surface area contributed by atoms with E-state index in [4.69, 9.17) is 18.9 Å². The van der Waals surface area contributed by atoms with Crippen LogP contribution >= 0.6 is 0 Å². The van der Waals surface area contributed by atoms with Crippen LogP contribution in [-0.2, 0) is 6.54 Å². The standard InChI is InChI=1S/C31H34N2O6/c1-6-37-27-16-22(17-28(38-7-2)29(27)39-8-3)31(35)33(24-10-9-11-25(18-24)36-5)19-23-15-21-13-12-20(4)14-26(21)32-30(23)34/h9-18H,6-8,19H2,1-5H3,(H,32,34). The number of aromatic amines is 1. The van der Waals surface area contributed by atoms with Gasteiger partial charge in [0, 0.05) is 28.4 Å². The van der Waals surface area contributed by atoms with Crippen molar-refractivity contribution in [1.29, 1.82) is 0 Å². The molecule has 0 fully saturated rings. The second-order valence-electron chi connectivity index (χ2n) is 8.91. The molecule has 8 heteroatoms. The Kier molecular flexibility index (Phi) is 8.76. The summed E-state index contributed by atoms with van der Waals surface area (Å²) in [4.78, 5) is 31.8. The van der Waals surface area contributed by atoms with Crippen LogP contribution in [0.4, 0.5) is 5.69 Å². The number of rotatable bonds is 11. The highest BCUT2D eigenvalue weighted by atomic mass is 16.5. The largest absolute Gasteiger partial charge is 0.497 e. The summed E-state index contributed by atoms with van der Waals surface area (Å²) in [5.74, 6) is 1.53. The van der Waals surface area contributed by atoms with E-state index in [1.165, 1.54) is 0 Å². The molecular weight excluding hydrogens is 496 g/mol. The maximum Gasteiger partial charge on any atom is 0.258 e. The molecule has 1 N–H and O–H groups in total. The number of hydrogen-bond acceptors (Lipinski definition) is 6. The number of methoxy groups -OCH3 is 1. The molecule has 8 nitrogen and oxygen atoms in total. The van der Waals surface area contributed by atoms with Crippen LogP contribution in [0.15, 0.2) is 65.5 Å². The second-order valence-corrected chi connectivity index (χ2v) is 8.91. The normalized spacial score (nSPS) is 10.8. The van der Waals surface area contributed by atoms with Crippen LogP contribution in [0.1, 0.15) is 42.3 Å². The smallest absolute Gasteiger partial charge is 0.258 e. The Bertz CT molecular complexity index is 1500. The summed E-state index contributed by atoms with van der Waals surface area (Å²) in [6.07, 6.45) is 0. The Balaban J connectivity index is 1.84. The topological polar surface area (TPSA) is 90.1 Å². The molecule has 4 aromatic rings. The average molecular weight is 531 g/mol. The van der Waals surface area contributed by atoms with Crippen LogP contribution in [0.25, 0.3) is 10.9 Å². The predicted molar refractivity (Wildman–Crippen MR) is 153 cm³/mol. The van der Waals surface area contributed by atoms with Gasteiger partial charge in [-0.15, -0.1) is 0 Å². The molecule has 1 aromatic heterocycles. The number of nitrogens with zero attached hydrogens (tertiary/aromatic N) is 1. The summed E-state index contributed by atoms with van der Waals surface area (Å²) in [6, 6.07) is 18.2. The number of carbonyl (C=O) groups excluding carboxylic acids is 1. The van der Waals surface area contributed by atoms with E-state index in [0.29, 0.717) is 59.6 Å². The molecule has 0 unspecified atom stereocenters. The van der Waals surface area contributed by atoms with Gasteiger partial charge in [-0.2, -0.15) is 0 Å². The van der Waals surface area contributed by atoms with E-state index in [9.17, 15) is 9.59 Å². The number of nitrogens with one attached hydrogen (secondary N) is 1. The Labute approximate surface area is 228 Å². The number of fused-ring (bicyclic) bond motifs is 1. The Morgan fingerprint density at radius 2 is 1.56 bits per heavy atom. The molecule has 39 heavy (non-hydrogen) atoms. The van der Waals surface area contributed by atoms with E-state index < -0.39 is 0 Å². The fourth-order valence-corrected chi connectivity index (χ4v) is 4.37. The van der Waals surface area contributed by atoms with Crippen molar-refractivity contribution in [2.45, 2.75) is 34.2 Å². The van der Waals surface area contributed by atoms with Crippen molar-refractivity contribution in [3.8, 4) is 23.0 Å². The van der Waals surface area contributed by atoms with Gasteiger partial charge < -0.3 is 28.8 Å². The number of anilines is 1. The van der Waals surface area contributed by atoms with Crippen LogP contribution in [-0.4, -0.2) is 37.8 Å². The number of H-pyrrole nitrogens is 1. The molecule has 0 aliphatic rings. The third-order valence-electron chi connectivity index (χ3n) is 6.17. The van der Waals surface area contributed by atoms with Crippen molar-refractivity contribution < 1.29 is 23.7 Å². The molecule has 0 saturated carbocycles. The molecule has 0 bridgehead atoms. The van der Waals surface area contributed by atoms with Gasteiger partial charge in [-0.05, 0) is 75.0 Å². The van der Waals surface area contributed by atoms with Crippen LogP contribution in [0.3, 0.4) is 0 Å². The van der Waals surface area contributed by atoms with Gasteiger partial charge in [-0.1, -0.05) is 18.2 Å². The molecule has 0 radical (unpaired) electrons. The van der Waals surface area contributed by atoms with E-state index in [2.05, 4.69) is 4.98 Å². The zero-order valence-corrected chi connectivity index (χ0v) is 23.0. The van der Waals surface area contributed by atoms with Crippen LogP contribution < -0.4 is 29.4 Å². The molecule has 4 rings (SSSR count). The van der Waals surface area contributed by atoms with E-state index in [0.717, 1.165) is 16.5 Å². The van der Waals surface area contributed by atoms with Crippen molar-refractivity contribution in [1.82, 2.24) is 4.98 Å². The van der Waals surface area contributed by atoms with Crippen molar-refractivity contribution >= 4 is 22.5 Å². The van der Waals surface area contributed by atoms with Crippen molar-refractivity contribution in [3.05, 3.63) is 87.7 Å². The van der Waals surface area contributed by atoms with Gasteiger partial charge in [-0.3, -0.25) is 9.59 Å². The number of carbonyl (C=O) groups is 1. The fourth-order valence-electron chi connectivity index (χ4n) is 4.37. The predicted octanol–water partition coefficient (Wildman–Crippen LogP) is 5.89. The first-order valence-electron chi connectivity index (χ1n) is 13.0. The van der Waals surface area contributed by atoms with Crippen LogP contribution in [0, 0.1) is 6.92 Å². The average Bonchev–Trinajstić information content (AvgIpc) is 2.93. The van der Waals surface area contributed by atoms with E-state index in [-0.39, 0.29) is 18.0 Å². The molecule has 1 amide bonds. The van der Waals surface area contributed by atoms with Gasteiger partial charge in [0.2, 0.25) is 5.75 Å². The SMILES string of the molecule is CCOc1cc(C(=O)N(Cc2cc3ccc(C)cc3[nH]c2=O)c2cccc(OC)c2)cc(OCC)c1OCC. The maximum atomic E-state index is 14.2. The van der Waals surface area contributed by atoms with E-state index in [1.807, 2.05) is 52.0 Å². The molecule has 0 aliphatic heterocycles. The summed E-state index contributed by atoms with van der Waals surface area (Å²) >= 11 is 0. The third kappa shape index (κ3) is 6.17. The summed E-state index contributed by atoms with van der Waals surface area (Å²) in [6.45, 7) is 8.78. The Morgan fingerprint density at radius 1 is 0.872 bits per heavy atom. The second kappa shape index (κ2) is 12.4. The molecular formula is C31H34N2O6. The lowest BCUT2D eigenvalue weighted by Crippen LogP contribution is -2.33. The third-order valence-corrected chi connectivity index (χ3v) is 6.17. The highest BCUT2D eigenvalue weighted by Gasteiger charge is 2.24. The van der Waals surface area contributed by atoms with Gasteiger partial charge in [0.15, 0.2) is 11.5 Å². The lowest BCUT2D eigenvalue weighted by molar-refractivity contribution is 0.0984. The number of aryl methyl sites for hydroxylation is 1. The minimum Gasteiger partial charge on any atom is -0.497 e. The molecule has 204 valence electrons. The number of hydrogen-bond donors (Lipinski definition) is 1. The highest BCUT2D eigenvalue weighted by Crippen LogP contribution is 2.40. The lowest BCUT2D eigenvalue weighted by Gasteiger charge is -2.25. The molecule has 0 atom stereocenters. The summed E-state index contributed by atoms with van der Waals surface area (Å²) in [7, 11) is 1.57. The number of ether oxygens (including phenoxy) is 4. The molecule has 3 aromatic carbocycles. The van der Waals surface area contributed by atoms with Crippen molar-refractivity contribution in [2.75, 3.05) is 31.8 Å². The van der Waals surface area contributed by atoms with Gasteiger partial charge in [0.25, 0.3) is 11.5 Å². The van der Waals surface area contributed by atoms with E-state index in [1.54, 1.807) is 48.4 Å². The minimum atomic E-state index is -0.336. The van der Waals surface area contributed by atoms with Gasteiger partial charge >= 0.3 is 0 Å². The van der Waals surface area contributed by atoms with Gasteiger partial charge in [0.05, 0.1) is 33.5 Å².